The van der Waals surface area contributed by atoms with Crippen LogP contribution in [-0.2, 0) is 15.6 Å². The lowest BCUT2D eigenvalue weighted by Crippen LogP contribution is -2.40. The van der Waals surface area contributed by atoms with Crippen LogP contribution in [0, 0.1) is 13.8 Å². The Morgan fingerprint density at radius 3 is 2.50 bits per heavy atom. The number of nitrogens with one attached hydrogen (secondary N) is 1. The fourth-order valence-electron chi connectivity index (χ4n) is 1.68. The van der Waals surface area contributed by atoms with Gasteiger partial charge in [-0.15, -0.1) is 11.3 Å². The van der Waals surface area contributed by atoms with Crippen LogP contribution in [0.2, 0.25) is 0 Å². The van der Waals surface area contributed by atoms with E-state index in [4.69, 9.17) is 0 Å². The number of sulfonamides is 1. The predicted molar refractivity (Wildman–Crippen MR) is 79.2 cm³/mol. The molecule has 0 fully saturated rings. The van der Waals surface area contributed by atoms with E-state index >= 15 is 0 Å². The van der Waals surface area contributed by atoms with Crippen molar-refractivity contribution in [1.29, 1.82) is 0 Å². The van der Waals surface area contributed by atoms with Crippen molar-refractivity contribution in [3.8, 4) is 0 Å². The number of hydrogen-bond donors (Lipinski definition) is 1. The third-order valence-electron chi connectivity index (χ3n) is 2.90. The molecule has 0 radical (unpaired) electrons. The molecule has 5 nitrogen and oxygen atoms in total. The number of rotatable bonds is 4. The Bertz CT molecular complexity index is 687. The molecule has 0 saturated carbocycles. The summed E-state index contributed by atoms with van der Waals surface area (Å²) < 4.78 is 27.4. The number of pyridine rings is 1. The first-order valence-electron chi connectivity index (χ1n) is 6.11. The lowest BCUT2D eigenvalue weighted by Gasteiger charge is -2.23. The Morgan fingerprint density at radius 2 is 2.00 bits per heavy atom. The van der Waals surface area contributed by atoms with Crippen molar-refractivity contribution >= 4 is 21.4 Å². The second kappa shape index (κ2) is 5.23. The van der Waals surface area contributed by atoms with Gasteiger partial charge in [0.25, 0.3) is 0 Å². The van der Waals surface area contributed by atoms with Crippen LogP contribution in [0.1, 0.15) is 29.4 Å². The lowest BCUT2D eigenvalue weighted by atomic mass is 10.1. The van der Waals surface area contributed by atoms with Crippen LogP contribution < -0.4 is 4.72 Å². The SMILES string of the molecule is Cc1nc(C(C)(C)NS(=O)(=O)c2cccnc2)sc1C. The number of aryl methyl sites for hydroxylation is 2. The van der Waals surface area contributed by atoms with E-state index in [0.717, 1.165) is 15.6 Å². The second-order valence-corrected chi connectivity index (χ2v) is 7.97. The minimum absolute atomic E-state index is 0.151. The maximum Gasteiger partial charge on any atom is 0.242 e. The average Bonchev–Trinajstić information content (AvgIpc) is 2.70. The summed E-state index contributed by atoms with van der Waals surface area (Å²) in [6.45, 7) is 7.50. The molecule has 20 heavy (non-hydrogen) atoms. The Labute approximate surface area is 123 Å². The van der Waals surface area contributed by atoms with Crippen LogP contribution in [0.4, 0.5) is 0 Å². The van der Waals surface area contributed by atoms with E-state index in [9.17, 15) is 8.42 Å². The van der Waals surface area contributed by atoms with Crippen LogP contribution >= 0.6 is 11.3 Å². The van der Waals surface area contributed by atoms with Gasteiger partial charge < -0.3 is 0 Å². The van der Waals surface area contributed by atoms with Crippen molar-refractivity contribution in [3.63, 3.8) is 0 Å². The predicted octanol–water partition coefficient (Wildman–Crippen LogP) is 2.37. The number of nitrogens with zero attached hydrogens (tertiary/aromatic N) is 2. The second-order valence-electron chi connectivity index (χ2n) is 5.08. The van der Waals surface area contributed by atoms with E-state index in [0.29, 0.717) is 0 Å². The Hall–Kier alpha value is -1.31. The normalized spacial score (nSPS) is 12.6. The van der Waals surface area contributed by atoms with Gasteiger partial charge >= 0.3 is 0 Å². The summed E-state index contributed by atoms with van der Waals surface area (Å²) in [5, 5.41) is 0.750. The van der Waals surface area contributed by atoms with E-state index in [1.807, 2.05) is 13.8 Å². The summed E-state index contributed by atoms with van der Waals surface area (Å²) in [5.41, 5.74) is 0.164. The summed E-state index contributed by atoms with van der Waals surface area (Å²) in [7, 11) is -3.62. The minimum Gasteiger partial charge on any atom is -0.263 e. The Kier molecular flexibility index (Phi) is 3.95. The van der Waals surface area contributed by atoms with Crippen LogP contribution in [0.25, 0.3) is 0 Å². The molecule has 7 heteroatoms. The highest BCUT2D eigenvalue weighted by atomic mass is 32.2. The van der Waals surface area contributed by atoms with Gasteiger partial charge in [0.05, 0.1) is 11.2 Å². The van der Waals surface area contributed by atoms with E-state index in [1.54, 1.807) is 19.9 Å². The first-order valence-corrected chi connectivity index (χ1v) is 8.41. The van der Waals surface area contributed by atoms with Gasteiger partial charge in [0.1, 0.15) is 9.90 Å². The maximum atomic E-state index is 12.3. The molecule has 2 aromatic heterocycles. The highest BCUT2D eigenvalue weighted by molar-refractivity contribution is 7.89. The maximum absolute atomic E-state index is 12.3. The number of hydrogen-bond acceptors (Lipinski definition) is 5. The third kappa shape index (κ3) is 3.05. The first kappa shape index (κ1) is 15.1. The van der Waals surface area contributed by atoms with E-state index < -0.39 is 15.6 Å². The van der Waals surface area contributed by atoms with E-state index in [2.05, 4.69) is 14.7 Å². The van der Waals surface area contributed by atoms with Gasteiger partial charge in [-0.3, -0.25) is 4.98 Å². The standard InChI is InChI=1S/C13H17N3O2S2/c1-9-10(2)19-12(15-9)13(3,4)16-20(17,18)11-6-5-7-14-8-11/h5-8,16H,1-4H3. The molecule has 0 amide bonds. The number of aromatic nitrogens is 2. The molecule has 0 unspecified atom stereocenters. The zero-order valence-corrected chi connectivity index (χ0v) is 13.5. The van der Waals surface area contributed by atoms with Crippen LogP contribution in [0.15, 0.2) is 29.4 Å². The van der Waals surface area contributed by atoms with Gasteiger partial charge in [0.2, 0.25) is 10.0 Å². The molecule has 108 valence electrons. The molecular weight excluding hydrogens is 294 g/mol. The quantitative estimate of drug-likeness (QED) is 0.941. The molecule has 0 aromatic carbocycles. The monoisotopic (exact) mass is 311 g/mol. The summed E-state index contributed by atoms with van der Waals surface area (Å²) in [4.78, 5) is 9.52. The van der Waals surface area contributed by atoms with Gasteiger partial charge in [-0.2, -0.15) is 4.72 Å². The molecule has 2 rings (SSSR count). The van der Waals surface area contributed by atoms with Gasteiger partial charge in [-0.25, -0.2) is 13.4 Å². The van der Waals surface area contributed by atoms with Crippen molar-refractivity contribution in [3.05, 3.63) is 40.1 Å². The van der Waals surface area contributed by atoms with Crippen LogP contribution in [0.5, 0.6) is 0 Å². The highest BCUT2D eigenvalue weighted by Crippen LogP contribution is 2.28. The van der Waals surface area contributed by atoms with Crippen molar-refractivity contribution in [2.75, 3.05) is 0 Å². The largest absolute Gasteiger partial charge is 0.263 e. The van der Waals surface area contributed by atoms with Crippen molar-refractivity contribution in [2.24, 2.45) is 0 Å². The van der Waals surface area contributed by atoms with Crippen molar-refractivity contribution in [1.82, 2.24) is 14.7 Å². The first-order chi connectivity index (χ1) is 9.22. The van der Waals surface area contributed by atoms with Gasteiger partial charge in [-0.05, 0) is 39.8 Å². The van der Waals surface area contributed by atoms with Gasteiger partial charge in [0, 0.05) is 17.3 Å². The molecule has 2 heterocycles. The third-order valence-corrected chi connectivity index (χ3v) is 5.94. The Balaban J connectivity index is 2.33. The summed E-state index contributed by atoms with van der Waals surface area (Å²) in [5.74, 6) is 0. The Morgan fingerprint density at radius 1 is 1.30 bits per heavy atom. The van der Waals surface area contributed by atoms with Crippen molar-refractivity contribution < 1.29 is 8.42 Å². The molecule has 2 aromatic rings. The molecule has 0 saturated heterocycles. The minimum atomic E-state index is -3.62. The molecular formula is C13H17N3O2S2. The molecule has 0 aliphatic carbocycles. The summed E-state index contributed by atoms with van der Waals surface area (Å²) >= 11 is 1.50. The molecule has 0 aliphatic rings. The topological polar surface area (TPSA) is 72.0 Å². The smallest absolute Gasteiger partial charge is 0.242 e. The van der Waals surface area contributed by atoms with Crippen LogP contribution in [0.3, 0.4) is 0 Å². The zero-order valence-electron chi connectivity index (χ0n) is 11.8. The zero-order chi connectivity index (χ0) is 15.0. The molecule has 1 N–H and O–H groups in total. The fourth-order valence-corrected chi connectivity index (χ4v) is 4.07. The molecule has 0 aliphatic heterocycles. The fraction of sp³-hybridized carbons (Fsp3) is 0.385. The van der Waals surface area contributed by atoms with E-state index in [1.165, 1.54) is 29.8 Å². The van der Waals surface area contributed by atoms with Crippen molar-refractivity contribution in [2.45, 2.75) is 38.1 Å². The summed E-state index contributed by atoms with van der Waals surface area (Å²) in [6.07, 6.45) is 2.87. The van der Waals surface area contributed by atoms with Gasteiger partial charge in [-0.1, -0.05) is 0 Å². The highest BCUT2D eigenvalue weighted by Gasteiger charge is 2.31. The van der Waals surface area contributed by atoms with Crippen LogP contribution in [-0.4, -0.2) is 18.4 Å². The number of thiazole rings is 1. The summed E-state index contributed by atoms with van der Waals surface area (Å²) in [6, 6.07) is 3.11. The average molecular weight is 311 g/mol. The molecule has 0 bridgehead atoms. The molecule has 0 spiro atoms. The molecule has 0 atom stereocenters. The van der Waals surface area contributed by atoms with Gasteiger partial charge in [0.15, 0.2) is 0 Å². The lowest BCUT2D eigenvalue weighted by molar-refractivity contribution is 0.469. The van der Waals surface area contributed by atoms with E-state index in [-0.39, 0.29) is 4.90 Å².